The van der Waals surface area contributed by atoms with Gasteiger partial charge in [-0.2, -0.15) is 0 Å². The number of carbonyl (C=O) groups is 3. The normalized spacial score (nSPS) is 11.6. The Labute approximate surface area is 146 Å². The third-order valence-corrected chi connectivity index (χ3v) is 3.70. The number of hydrogen-bond acceptors (Lipinski definition) is 5. The van der Waals surface area contributed by atoms with E-state index in [4.69, 9.17) is 9.15 Å². The molecule has 1 aromatic carbocycles. The minimum absolute atomic E-state index is 0.162. The zero-order valence-corrected chi connectivity index (χ0v) is 14.5. The molecule has 1 heterocycles. The largest absolute Gasteiger partial charge is 0.466 e. The highest BCUT2D eigenvalue weighted by molar-refractivity contribution is 5.93. The minimum Gasteiger partial charge on any atom is -0.466 e. The van der Waals surface area contributed by atoms with Crippen LogP contribution in [0.1, 0.15) is 34.4 Å². The molecular weight excluding hydrogens is 322 g/mol. The van der Waals surface area contributed by atoms with Crippen molar-refractivity contribution in [2.45, 2.75) is 33.2 Å². The Balaban J connectivity index is 1.90. The van der Waals surface area contributed by atoms with Gasteiger partial charge in [0.25, 0.3) is 5.91 Å². The monoisotopic (exact) mass is 343 g/mol. The number of nitrogens with one attached hydrogen (secondary N) is 1. The van der Waals surface area contributed by atoms with Gasteiger partial charge in [0.1, 0.15) is 17.1 Å². The molecule has 0 aliphatic rings. The maximum Gasteiger partial charge on any atom is 0.342 e. The molecule has 0 aliphatic heterocycles. The van der Waals surface area contributed by atoms with Crippen molar-refractivity contribution < 1.29 is 23.5 Å². The van der Waals surface area contributed by atoms with Crippen molar-refractivity contribution in [1.29, 1.82) is 0 Å². The van der Waals surface area contributed by atoms with Gasteiger partial charge in [-0.05, 0) is 38.8 Å². The molecular formula is C19H21NO5. The molecule has 6 heteroatoms. The molecule has 1 amide bonds. The number of Topliss-reactive ketones (excluding diaryl/α,β-unsaturated/α-hetero) is 1. The van der Waals surface area contributed by atoms with E-state index in [0.29, 0.717) is 17.9 Å². The Morgan fingerprint density at radius 1 is 1.16 bits per heavy atom. The molecule has 0 aliphatic carbocycles. The van der Waals surface area contributed by atoms with Crippen LogP contribution in [0.15, 0.2) is 40.8 Å². The first-order valence-electron chi connectivity index (χ1n) is 7.94. The summed E-state index contributed by atoms with van der Waals surface area (Å²) in [5, 5.41) is 2.60. The van der Waals surface area contributed by atoms with Gasteiger partial charge in [-0.25, -0.2) is 4.79 Å². The van der Waals surface area contributed by atoms with Crippen LogP contribution in [-0.2, 0) is 20.7 Å². The van der Waals surface area contributed by atoms with Crippen LogP contribution in [0, 0.1) is 13.8 Å². The van der Waals surface area contributed by atoms with E-state index in [-0.39, 0.29) is 11.3 Å². The van der Waals surface area contributed by atoms with Gasteiger partial charge in [-0.1, -0.05) is 30.3 Å². The molecule has 0 fully saturated rings. The molecule has 0 unspecified atom stereocenters. The van der Waals surface area contributed by atoms with E-state index in [2.05, 4.69) is 5.32 Å². The lowest BCUT2D eigenvalue weighted by molar-refractivity contribution is -0.128. The average Bonchev–Trinajstić information content (AvgIpc) is 2.91. The van der Waals surface area contributed by atoms with Crippen molar-refractivity contribution in [2.75, 3.05) is 6.61 Å². The second-order valence-corrected chi connectivity index (χ2v) is 5.82. The van der Waals surface area contributed by atoms with Crippen LogP contribution in [0.2, 0.25) is 0 Å². The number of amides is 1. The smallest absolute Gasteiger partial charge is 0.342 e. The van der Waals surface area contributed by atoms with E-state index in [1.807, 2.05) is 30.3 Å². The van der Waals surface area contributed by atoms with Crippen LogP contribution in [0.5, 0.6) is 0 Å². The second-order valence-electron chi connectivity index (χ2n) is 5.82. The Morgan fingerprint density at radius 3 is 2.40 bits per heavy atom. The van der Waals surface area contributed by atoms with Crippen LogP contribution in [0.4, 0.5) is 0 Å². The van der Waals surface area contributed by atoms with E-state index in [1.165, 1.54) is 6.92 Å². The van der Waals surface area contributed by atoms with E-state index in [0.717, 1.165) is 5.56 Å². The summed E-state index contributed by atoms with van der Waals surface area (Å²) < 4.78 is 10.3. The third-order valence-electron chi connectivity index (χ3n) is 3.70. The van der Waals surface area contributed by atoms with Gasteiger partial charge >= 0.3 is 5.97 Å². The fraction of sp³-hybridized carbons (Fsp3) is 0.316. The standard InChI is InChI=1S/C19H21NO5/c1-12-9-16(14(3)25-12)19(23)24-11-18(22)20-17(13(2)21)10-15-7-5-4-6-8-15/h4-9,17H,10-11H2,1-3H3,(H,20,22)/t17-/m1/s1. The number of benzene rings is 1. The summed E-state index contributed by atoms with van der Waals surface area (Å²) in [5.74, 6) is -0.291. The van der Waals surface area contributed by atoms with Crippen molar-refractivity contribution in [2.24, 2.45) is 0 Å². The molecule has 6 nitrogen and oxygen atoms in total. The lowest BCUT2D eigenvalue weighted by Gasteiger charge is -2.16. The molecule has 1 aromatic heterocycles. The van der Waals surface area contributed by atoms with Gasteiger partial charge in [0.15, 0.2) is 12.4 Å². The minimum atomic E-state index is -0.661. The molecule has 1 atom stereocenters. The van der Waals surface area contributed by atoms with E-state index in [9.17, 15) is 14.4 Å². The first-order chi connectivity index (χ1) is 11.9. The summed E-state index contributed by atoms with van der Waals surface area (Å²) in [6, 6.07) is 10.3. The van der Waals surface area contributed by atoms with Crippen LogP contribution < -0.4 is 5.32 Å². The summed E-state index contributed by atoms with van der Waals surface area (Å²) >= 11 is 0. The third kappa shape index (κ3) is 5.31. The molecule has 25 heavy (non-hydrogen) atoms. The molecule has 0 saturated carbocycles. The number of ether oxygens (including phenoxy) is 1. The quantitative estimate of drug-likeness (QED) is 0.780. The molecule has 2 rings (SSSR count). The van der Waals surface area contributed by atoms with Crippen molar-refractivity contribution in [3.05, 3.63) is 59.0 Å². The average molecular weight is 343 g/mol. The van der Waals surface area contributed by atoms with E-state index in [1.54, 1.807) is 19.9 Å². The highest BCUT2D eigenvalue weighted by Gasteiger charge is 2.20. The molecule has 0 saturated heterocycles. The fourth-order valence-corrected chi connectivity index (χ4v) is 2.42. The van der Waals surface area contributed by atoms with Crippen molar-refractivity contribution >= 4 is 17.7 Å². The Kier molecular flexibility index (Phi) is 6.11. The maximum atomic E-state index is 12.0. The fourth-order valence-electron chi connectivity index (χ4n) is 2.42. The number of esters is 1. The topological polar surface area (TPSA) is 85.6 Å². The van der Waals surface area contributed by atoms with Gasteiger partial charge < -0.3 is 14.5 Å². The highest BCUT2D eigenvalue weighted by atomic mass is 16.5. The predicted molar refractivity (Wildman–Crippen MR) is 91.2 cm³/mol. The van der Waals surface area contributed by atoms with E-state index >= 15 is 0 Å². The number of aryl methyl sites for hydroxylation is 2. The Hall–Kier alpha value is -2.89. The summed E-state index contributed by atoms with van der Waals surface area (Å²) in [7, 11) is 0. The summed E-state index contributed by atoms with van der Waals surface area (Å²) in [5.41, 5.74) is 1.22. The van der Waals surface area contributed by atoms with Gasteiger partial charge in [0.2, 0.25) is 0 Å². The lowest BCUT2D eigenvalue weighted by Crippen LogP contribution is -2.43. The number of rotatable bonds is 7. The number of furan rings is 1. The maximum absolute atomic E-state index is 12.0. The lowest BCUT2D eigenvalue weighted by atomic mass is 10.0. The van der Waals surface area contributed by atoms with Crippen molar-refractivity contribution in [3.63, 3.8) is 0 Å². The first-order valence-corrected chi connectivity index (χ1v) is 7.94. The van der Waals surface area contributed by atoms with Gasteiger partial charge in [-0.3, -0.25) is 9.59 Å². The molecule has 1 N–H and O–H groups in total. The van der Waals surface area contributed by atoms with Gasteiger partial charge in [0.05, 0.1) is 6.04 Å². The summed E-state index contributed by atoms with van der Waals surface area (Å²) in [6.07, 6.45) is 0.385. The molecule has 0 spiro atoms. The van der Waals surface area contributed by atoms with Gasteiger partial charge in [-0.15, -0.1) is 0 Å². The SMILES string of the molecule is CC(=O)[C@@H](Cc1ccccc1)NC(=O)COC(=O)c1cc(C)oc1C. The second kappa shape index (κ2) is 8.28. The van der Waals surface area contributed by atoms with Crippen LogP contribution in [-0.4, -0.2) is 30.3 Å². The number of ketones is 1. The molecule has 132 valence electrons. The predicted octanol–water partition coefficient (Wildman–Crippen LogP) is 2.37. The van der Waals surface area contributed by atoms with Crippen LogP contribution in [0.25, 0.3) is 0 Å². The van der Waals surface area contributed by atoms with Crippen LogP contribution in [0.3, 0.4) is 0 Å². The Bertz CT molecular complexity index is 763. The molecule has 2 aromatic rings. The number of carbonyl (C=O) groups excluding carboxylic acids is 3. The zero-order valence-electron chi connectivity index (χ0n) is 14.5. The van der Waals surface area contributed by atoms with E-state index < -0.39 is 24.5 Å². The van der Waals surface area contributed by atoms with Gasteiger partial charge in [0, 0.05) is 0 Å². The summed E-state index contributed by atoms with van der Waals surface area (Å²) in [4.78, 5) is 35.7. The van der Waals surface area contributed by atoms with Crippen LogP contribution >= 0.6 is 0 Å². The first kappa shape index (κ1) is 18.4. The van der Waals surface area contributed by atoms with Crippen molar-refractivity contribution in [1.82, 2.24) is 5.32 Å². The molecule has 0 radical (unpaired) electrons. The Morgan fingerprint density at radius 2 is 1.84 bits per heavy atom. The molecule has 0 bridgehead atoms. The van der Waals surface area contributed by atoms with Crippen molar-refractivity contribution in [3.8, 4) is 0 Å². The zero-order chi connectivity index (χ0) is 18.4. The number of hydrogen-bond donors (Lipinski definition) is 1. The highest BCUT2D eigenvalue weighted by Crippen LogP contribution is 2.14. The summed E-state index contributed by atoms with van der Waals surface area (Å²) in [6.45, 7) is 4.32.